The molecular formula is C23H28N4O6S. The van der Waals surface area contributed by atoms with Gasteiger partial charge in [-0.2, -0.15) is 4.31 Å². The largest absolute Gasteiger partial charge is 0.484 e. The minimum Gasteiger partial charge on any atom is -0.484 e. The second kappa shape index (κ2) is 11.1. The van der Waals surface area contributed by atoms with Crippen molar-refractivity contribution in [2.75, 3.05) is 44.6 Å². The maximum Gasteiger partial charge on any atom is 0.257 e. The second-order valence-electron chi connectivity index (χ2n) is 7.66. The fourth-order valence-corrected chi connectivity index (χ4v) is 4.89. The van der Waals surface area contributed by atoms with E-state index in [0.717, 1.165) is 0 Å². The predicted octanol–water partition coefficient (Wildman–Crippen LogP) is 1.31. The van der Waals surface area contributed by atoms with E-state index in [9.17, 15) is 22.8 Å². The van der Waals surface area contributed by atoms with E-state index >= 15 is 0 Å². The topological polar surface area (TPSA) is 125 Å². The molecule has 0 aliphatic carbocycles. The zero-order chi connectivity index (χ0) is 24.7. The van der Waals surface area contributed by atoms with Gasteiger partial charge in [0.05, 0.1) is 4.90 Å². The van der Waals surface area contributed by atoms with Crippen molar-refractivity contribution >= 4 is 33.4 Å². The number of nitrogens with zero attached hydrogens (tertiary/aromatic N) is 2. The lowest BCUT2D eigenvalue weighted by atomic mass is 10.2. The molecule has 182 valence electrons. The second-order valence-corrected chi connectivity index (χ2v) is 9.60. The van der Waals surface area contributed by atoms with E-state index < -0.39 is 15.9 Å². The van der Waals surface area contributed by atoms with Crippen LogP contribution in [0.1, 0.15) is 24.2 Å². The average Bonchev–Trinajstić information content (AvgIpc) is 2.84. The van der Waals surface area contributed by atoms with Crippen LogP contribution >= 0.6 is 0 Å². The van der Waals surface area contributed by atoms with Gasteiger partial charge in [-0.25, -0.2) is 8.42 Å². The number of amides is 3. The van der Waals surface area contributed by atoms with Crippen LogP contribution in [0.3, 0.4) is 0 Å². The Morgan fingerprint density at radius 2 is 1.68 bits per heavy atom. The third kappa shape index (κ3) is 6.33. The molecule has 1 fully saturated rings. The van der Waals surface area contributed by atoms with Crippen molar-refractivity contribution < 1.29 is 27.5 Å². The number of nitrogens with one attached hydrogen (secondary N) is 2. The number of sulfonamides is 1. The van der Waals surface area contributed by atoms with Crippen LogP contribution in [0.25, 0.3) is 0 Å². The van der Waals surface area contributed by atoms with Crippen LogP contribution in [0.4, 0.5) is 5.69 Å². The molecule has 3 rings (SSSR count). The summed E-state index contributed by atoms with van der Waals surface area (Å²) in [5.41, 5.74) is 0.684. The van der Waals surface area contributed by atoms with Crippen LogP contribution in [0.5, 0.6) is 5.75 Å². The normalized spacial score (nSPS) is 14.4. The number of benzene rings is 2. The van der Waals surface area contributed by atoms with E-state index in [2.05, 4.69) is 10.6 Å². The van der Waals surface area contributed by atoms with Crippen LogP contribution in [0.2, 0.25) is 0 Å². The van der Waals surface area contributed by atoms with Gasteiger partial charge >= 0.3 is 0 Å². The van der Waals surface area contributed by atoms with Gasteiger partial charge in [-0.15, -0.1) is 0 Å². The van der Waals surface area contributed by atoms with Crippen molar-refractivity contribution in [3.05, 3.63) is 54.1 Å². The van der Waals surface area contributed by atoms with E-state index in [-0.39, 0.29) is 42.0 Å². The van der Waals surface area contributed by atoms with Gasteiger partial charge in [-0.05, 0) is 49.4 Å². The molecule has 10 nitrogen and oxygen atoms in total. The number of likely N-dealkylation sites (N-methyl/N-ethyl adjacent to an activating group) is 1. The lowest BCUT2D eigenvalue weighted by Crippen LogP contribution is -2.49. The quantitative estimate of drug-likeness (QED) is 0.577. The first-order chi connectivity index (χ1) is 16.2. The number of rotatable bonds is 8. The number of anilines is 1. The Morgan fingerprint density at radius 3 is 2.29 bits per heavy atom. The molecular weight excluding hydrogens is 460 g/mol. The van der Waals surface area contributed by atoms with Crippen molar-refractivity contribution in [3.63, 3.8) is 0 Å². The molecule has 0 spiro atoms. The summed E-state index contributed by atoms with van der Waals surface area (Å²) >= 11 is 0. The van der Waals surface area contributed by atoms with Gasteiger partial charge in [-0.1, -0.05) is 6.07 Å². The SMILES string of the molecule is CCNC(=O)COc1ccc(NC(=O)c2cccc(S(=O)(=O)N3CCN(C(C)=O)CC3)c2)cc1. The zero-order valence-electron chi connectivity index (χ0n) is 19.1. The highest BCUT2D eigenvalue weighted by Gasteiger charge is 2.29. The van der Waals surface area contributed by atoms with Crippen LogP contribution < -0.4 is 15.4 Å². The van der Waals surface area contributed by atoms with Gasteiger partial charge in [-0.3, -0.25) is 14.4 Å². The number of hydrogen-bond acceptors (Lipinski definition) is 6. The van der Waals surface area contributed by atoms with Crippen molar-refractivity contribution in [1.82, 2.24) is 14.5 Å². The fourth-order valence-electron chi connectivity index (χ4n) is 3.43. The van der Waals surface area contributed by atoms with Crippen LogP contribution in [0.15, 0.2) is 53.4 Å². The van der Waals surface area contributed by atoms with E-state index in [0.29, 0.717) is 31.1 Å². The summed E-state index contributed by atoms with van der Waals surface area (Å²) < 4.78 is 32.8. The predicted molar refractivity (Wildman–Crippen MR) is 126 cm³/mol. The summed E-state index contributed by atoms with van der Waals surface area (Å²) in [4.78, 5) is 37.3. The molecule has 2 aromatic rings. The standard InChI is InChI=1S/C23H28N4O6S/c1-3-24-22(29)16-33-20-9-7-19(8-10-20)25-23(30)18-5-4-6-21(15-18)34(31,32)27-13-11-26(12-14-27)17(2)28/h4-10,15H,3,11-14,16H2,1-2H3,(H,24,29)(H,25,30). The molecule has 3 amide bonds. The number of ether oxygens (including phenoxy) is 1. The Balaban J connectivity index is 1.63. The first-order valence-corrected chi connectivity index (χ1v) is 12.3. The molecule has 1 aliphatic heterocycles. The summed E-state index contributed by atoms with van der Waals surface area (Å²) in [6.45, 7) is 4.75. The van der Waals surface area contributed by atoms with E-state index in [4.69, 9.17) is 4.74 Å². The Hall–Kier alpha value is -3.44. The number of carbonyl (C=O) groups excluding carboxylic acids is 3. The van der Waals surface area contributed by atoms with Gasteiger partial charge in [0.2, 0.25) is 15.9 Å². The first-order valence-electron chi connectivity index (χ1n) is 10.9. The highest BCUT2D eigenvalue weighted by Crippen LogP contribution is 2.21. The minimum absolute atomic E-state index is 0.0190. The van der Waals surface area contributed by atoms with E-state index in [1.807, 2.05) is 6.92 Å². The van der Waals surface area contributed by atoms with Gasteiger partial charge in [0.1, 0.15) is 5.75 Å². The van der Waals surface area contributed by atoms with Crippen molar-refractivity contribution in [3.8, 4) is 5.75 Å². The number of hydrogen-bond donors (Lipinski definition) is 2. The number of piperazine rings is 1. The van der Waals surface area contributed by atoms with Gasteiger partial charge in [0.25, 0.3) is 11.8 Å². The van der Waals surface area contributed by atoms with Gasteiger partial charge in [0, 0.05) is 50.9 Å². The van der Waals surface area contributed by atoms with Crippen molar-refractivity contribution in [2.45, 2.75) is 18.7 Å². The molecule has 2 N–H and O–H groups in total. The lowest BCUT2D eigenvalue weighted by Gasteiger charge is -2.33. The lowest BCUT2D eigenvalue weighted by molar-refractivity contribution is -0.130. The Morgan fingerprint density at radius 1 is 1.00 bits per heavy atom. The molecule has 1 saturated heterocycles. The van der Waals surface area contributed by atoms with Crippen LogP contribution in [0, 0.1) is 0 Å². The highest BCUT2D eigenvalue weighted by atomic mass is 32.2. The van der Waals surface area contributed by atoms with Gasteiger partial charge in [0.15, 0.2) is 6.61 Å². The molecule has 1 heterocycles. The molecule has 0 atom stereocenters. The molecule has 34 heavy (non-hydrogen) atoms. The molecule has 1 aliphatic rings. The smallest absolute Gasteiger partial charge is 0.257 e. The van der Waals surface area contributed by atoms with E-state index in [1.54, 1.807) is 29.2 Å². The molecule has 11 heteroatoms. The van der Waals surface area contributed by atoms with E-state index in [1.165, 1.54) is 35.5 Å². The van der Waals surface area contributed by atoms with Gasteiger partial charge < -0.3 is 20.3 Å². The molecule has 0 bridgehead atoms. The zero-order valence-corrected chi connectivity index (χ0v) is 19.9. The Labute approximate surface area is 198 Å². The Bertz CT molecular complexity index is 1140. The summed E-state index contributed by atoms with van der Waals surface area (Å²) in [6.07, 6.45) is 0. The molecule has 0 unspecified atom stereocenters. The highest BCUT2D eigenvalue weighted by molar-refractivity contribution is 7.89. The third-order valence-corrected chi connectivity index (χ3v) is 7.17. The summed E-state index contributed by atoms with van der Waals surface area (Å²) in [6, 6.07) is 12.3. The minimum atomic E-state index is -3.80. The summed E-state index contributed by atoms with van der Waals surface area (Å²) in [7, 11) is -3.80. The average molecular weight is 489 g/mol. The monoisotopic (exact) mass is 488 g/mol. The third-order valence-electron chi connectivity index (χ3n) is 5.27. The molecule has 0 radical (unpaired) electrons. The fraction of sp³-hybridized carbons (Fsp3) is 0.348. The number of carbonyl (C=O) groups is 3. The molecule has 0 aromatic heterocycles. The van der Waals surface area contributed by atoms with Crippen LogP contribution in [-0.2, 0) is 19.6 Å². The van der Waals surface area contributed by atoms with Crippen molar-refractivity contribution in [2.24, 2.45) is 0 Å². The van der Waals surface area contributed by atoms with Crippen LogP contribution in [-0.4, -0.2) is 74.7 Å². The summed E-state index contributed by atoms with van der Waals surface area (Å²) in [5.74, 6) is -0.301. The molecule has 0 saturated carbocycles. The molecule has 2 aromatic carbocycles. The maximum absolute atomic E-state index is 13.0. The summed E-state index contributed by atoms with van der Waals surface area (Å²) in [5, 5.41) is 5.35. The maximum atomic E-state index is 13.0. The Kier molecular flexibility index (Phi) is 8.24. The first kappa shape index (κ1) is 25.2. The van der Waals surface area contributed by atoms with Crippen molar-refractivity contribution in [1.29, 1.82) is 0 Å².